The Balaban J connectivity index is 1.35. The monoisotopic (exact) mass is 436 g/mol. The molecule has 1 atom stereocenters. The smallest absolute Gasteiger partial charge is 0.407 e. The Bertz CT molecular complexity index is 983. The summed E-state index contributed by atoms with van der Waals surface area (Å²) >= 11 is 0. The quantitative estimate of drug-likeness (QED) is 0.612. The molecule has 2 aliphatic rings. The molecule has 0 heterocycles. The van der Waals surface area contributed by atoms with Gasteiger partial charge in [-0.2, -0.15) is 0 Å². The maximum Gasteiger partial charge on any atom is 0.407 e. The molecule has 0 aliphatic heterocycles. The van der Waals surface area contributed by atoms with Crippen LogP contribution in [0.3, 0.4) is 0 Å². The molecule has 1 unspecified atom stereocenters. The number of rotatable bonds is 7. The zero-order valence-corrected chi connectivity index (χ0v) is 18.1. The van der Waals surface area contributed by atoms with Crippen molar-refractivity contribution < 1.29 is 24.2 Å². The van der Waals surface area contributed by atoms with Gasteiger partial charge < -0.3 is 20.5 Å². The zero-order chi connectivity index (χ0) is 22.7. The summed E-state index contributed by atoms with van der Waals surface area (Å²) in [5, 5.41) is 14.6. The summed E-state index contributed by atoms with van der Waals surface area (Å²) in [4.78, 5) is 36.3. The molecule has 0 aromatic heterocycles. The molecule has 1 saturated carbocycles. The molecule has 168 valence electrons. The Labute approximate surface area is 187 Å². The zero-order valence-electron chi connectivity index (χ0n) is 18.1. The van der Waals surface area contributed by atoms with Crippen LogP contribution in [0.5, 0.6) is 0 Å². The molecule has 2 aromatic carbocycles. The Morgan fingerprint density at radius 3 is 2.16 bits per heavy atom. The van der Waals surface area contributed by atoms with Crippen molar-refractivity contribution in [3.63, 3.8) is 0 Å². The van der Waals surface area contributed by atoms with E-state index >= 15 is 0 Å². The van der Waals surface area contributed by atoms with Crippen molar-refractivity contribution in [2.45, 2.75) is 56.5 Å². The van der Waals surface area contributed by atoms with Crippen molar-refractivity contribution >= 4 is 18.0 Å². The normalized spacial score (nSPS) is 17.2. The first-order valence-corrected chi connectivity index (χ1v) is 11.0. The SMILES string of the molecule is CC(NC(=O)OCC1c2ccccc2-c2ccccc21)C(=O)NC1(CC(=O)O)CCCC1. The molecular formula is C25H28N2O5. The van der Waals surface area contributed by atoms with Crippen molar-refractivity contribution in [3.8, 4) is 11.1 Å². The molecule has 2 amide bonds. The lowest BCUT2D eigenvalue weighted by atomic mass is 9.93. The second-order valence-electron chi connectivity index (χ2n) is 8.74. The summed E-state index contributed by atoms with van der Waals surface area (Å²) in [6.07, 6.45) is 2.22. The van der Waals surface area contributed by atoms with Crippen LogP contribution in [0.15, 0.2) is 48.5 Å². The minimum atomic E-state index is -0.940. The van der Waals surface area contributed by atoms with Crippen LogP contribution in [0, 0.1) is 0 Å². The van der Waals surface area contributed by atoms with Gasteiger partial charge in [-0.25, -0.2) is 4.79 Å². The highest BCUT2D eigenvalue weighted by Crippen LogP contribution is 2.44. The van der Waals surface area contributed by atoms with E-state index in [0.717, 1.165) is 35.1 Å². The average Bonchev–Trinajstić information content (AvgIpc) is 3.34. The van der Waals surface area contributed by atoms with Gasteiger partial charge >= 0.3 is 12.1 Å². The third-order valence-electron chi connectivity index (χ3n) is 6.51. The molecule has 32 heavy (non-hydrogen) atoms. The van der Waals surface area contributed by atoms with Gasteiger partial charge in [0.25, 0.3) is 0 Å². The highest BCUT2D eigenvalue weighted by molar-refractivity contribution is 5.86. The van der Waals surface area contributed by atoms with E-state index in [9.17, 15) is 19.5 Å². The summed E-state index contributed by atoms with van der Waals surface area (Å²) in [5.41, 5.74) is 3.78. The molecule has 0 bridgehead atoms. The number of benzene rings is 2. The maximum absolute atomic E-state index is 12.6. The summed E-state index contributed by atoms with van der Waals surface area (Å²) < 4.78 is 5.50. The van der Waals surface area contributed by atoms with Crippen LogP contribution < -0.4 is 10.6 Å². The molecule has 0 saturated heterocycles. The minimum Gasteiger partial charge on any atom is -0.481 e. The number of hydrogen-bond donors (Lipinski definition) is 3. The topological polar surface area (TPSA) is 105 Å². The van der Waals surface area contributed by atoms with Gasteiger partial charge in [-0.05, 0) is 42.0 Å². The largest absolute Gasteiger partial charge is 0.481 e. The fourth-order valence-corrected chi connectivity index (χ4v) is 4.94. The predicted octanol–water partition coefficient (Wildman–Crippen LogP) is 3.82. The van der Waals surface area contributed by atoms with E-state index in [1.807, 2.05) is 36.4 Å². The minimum absolute atomic E-state index is 0.0605. The van der Waals surface area contributed by atoms with E-state index in [2.05, 4.69) is 22.8 Å². The fraction of sp³-hybridized carbons (Fsp3) is 0.400. The van der Waals surface area contributed by atoms with Crippen LogP contribution in [0.4, 0.5) is 4.79 Å². The standard InChI is InChI=1S/C25H28N2O5/c1-16(23(30)27-25(14-22(28)29)12-6-7-13-25)26-24(31)32-15-21-19-10-4-2-8-17(19)18-9-3-5-11-20(18)21/h2-5,8-11,16,21H,6-7,12-15H2,1H3,(H,26,31)(H,27,30)(H,28,29). The molecule has 7 nitrogen and oxygen atoms in total. The first-order valence-electron chi connectivity index (χ1n) is 11.0. The Hall–Kier alpha value is -3.35. The molecule has 3 N–H and O–H groups in total. The highest BCUT2D eigenvalue weighted by Gasteiger charge is 2.38. The van der Waals surface area contributed by atoms with Gasteiger partial charge in [0.2, 0.25) is 5.91 Å². The number of carbonyl (C=O) groups excluding carboxylic acids is 2. The van der Waals surface area contributed by atoms with Crippen molar-refractivity contribution in [1.29, 1.82) is 0 Å². The van der Waals surface area contributed by atoms with Gasteiger partial charge in [-0.15, -0.1) is 0 Å². The van der Waals surface area contributed by atoms with Gasteiger partial charge in [-0.1, -0.05) is 61.4 Å². The van der Waals surface area contributed by atoms with E-state index < -0.39 is 29.6 Å². The molecule has 2 aromatic rings. The summed E-state index contributed by atoms with van der Waals surface area (Å²) in [6, 6.07) is 15.3. The summed E-state index contributed by atoms with van der Waals surface area (Å²) in [5.74, 6) is -1.40. The van der Waals surface area contributed by atoms with Gasteiger partial charge in [0.05, 0.1) is 12.0 Å². The van der Waals surface area contributed by atoms with Crippen molar-refractivity contribution in [2.75, 3.05) is 6.61 Å². The number of aliphatic carboxylic acids is 1. The average molecular weight is 437 g/mol. The second-order valence-corrected chi connectivity index (χ2v) is 8.74. The van der Waals surface area contributed by atoms with E-state index in [4.69, 9.17) is 4.74 Å². The Morgan fingerprint density at radius 1 is 1.03 bits per heavy atom. The molecule has 4 rings (SSSR count). The van der Waals surface area contributed by atoms with E-state index in [-0.39, 0.29) is 18.9 Å². The van der Waals surface area contributed by atoms with Crippen LogP contribution in [0.2, 0.25) is 0 Å². The lowest BCUT2D eigenvalue weighted by molar-refractivity contribution is -0.139. The molecule has 0 spiro atoms. The number of amides is 2. The van der Waals surface area contributed by atoms with Gasteiger partial charge in [-0.3, -0.25) is 9.59 Å². The predicted molar refractivity (Wildman–Crippen MR) is 119 cm³/mol. The second kappa shape index (κ2) is 9.02. The number of carbonyl (C=O) groups is 3. The number of carboxylic acids is 1. The van der Waals surface area contributed by atoms with Crippen LogP contribution >= 0.6 is 0 Å². The molecule has 0 radical (unpaired) electrons. The van der Waals surface area contributed by atoms with E-state index in [0.29, 0.717) is 12.8 Å². The highest BCUT2D eigenvalue weighted by atomic mass is 16.5. The summed E-state index contributed by atoms with van der Waals surface area (Å²) in [7, 11) is 0. The van der Waals surface area contributed by atoms with Crippen molar-refractivity contribution in [1.82, 2.24) is 10.6 Å². The van der Waals surface area contributed by atoms with Crippen LogP contribution in [0.25, 0.3) is 11.1 Å². The molecular weight excluding hydrogens is 408 g/mol. The molecule has 1 fully saturated rings. The Kier molecular flexibility index (Phi) is 6.17. The van der Waals surface area contributed by atoms with Gasteiger partial charge in [0, 0.05) is 5.92 Å². The lowest BCUT2D eigenvalue weighted by Gasteiger charge is -2.30. The Morgan fingerprint density at radius 2 is 1.59 bits per heavy atom. The maximum atomic E-state index is 12.6. The third kappa shape index (κ3) is 4.47. The van der Waals surface area contributed by atoms with Crippen molar-refractivity contribution in [3.05, 3.63) is 59.7 Å². The number of alkyl carbamates (subject to hydrolysis) is 1. The first kappa shape index (κ1) is 21.9. The van der Waals surface area contributed by atoms with Crippen molar-refractivity contribution in [2.24, 2.45) is 0 Å². The fourth-order valence-electron chi connectivity index (χ4n) is 4.94. The first-order chi connectivity index (χ1) is 15.4. The summed E-state index contributed by atoms with van der Waals surface area (Å²) in [6.45, 7) is 1.73. The number of hydrogen-bond acceptors (Lipinski definition) is 4. The molecule has 2 aliphatic carbocycles. The number of carboxylic acid groups (broad SMARTS) is 1. The van der Waals surface area contributed by atoms with Crippen LogP contribution in [-0.2, 0) is 14.3 Å². The number of ether oxygens (including phenoxy) is 1. The van der Waals surface area contributed by atoms with Gasteiger partial charge in [0.1, 0.15) is 12.6 Å². The van der Waals surface area contributed by atoms with Crippen LogP contribution in [-0.4, -0.2) is 41.3 Å². The molecule has 7 heteroatoms. The number of nitrogens with one attached hydrogen (secondary N) is 2. The third-order valence-corrected chi connectivity index (χ3v) is 6.51. The lowest BCUT2D eigenvalue weighted by Crippen LogP contribution is -2.54. The number of fused-ring (bicyclic) bond motifs is 3. The van der Waals surface area contributed by atoms with E-state index in [1.165, 1.54) is 0 Å². The van der Waals surface area contributed by atoms with Crippen LogP contribution in [0.1, 0.15) is 56.1 Å². The van der Waals surface area contributed by atoms with E-state index in [1.54, 1.807) is 6.92 Å². The van der Waals surface area contributed by atoms with Gasteiger partial charge in [0.15, 0.2) is 0 Å².